The average molecular weight is 851 g/mol. The molecule has 0 amide bonds. The van der Waals surface area contributed by atoms with Crippen LogP contribution in [-0.4, -0.2) is 19.5 Å². The fourth-order valence-corrected chi connectivity index (χ4v) is 11.7. The zero-order valence-corrected chi connectivity index (χ0v) is 36.9. The lowest BCUT2D eigenvalue weighted by molar-refractivity contribution is 0.661. The van der Waals surface area contributed by atoms with Crippen molar-refractivity contribution < 1.29 is 0 Å². The normalized spacial score (nSPS) is 13.6. The zero-order chi connectivity index (χ0) is 43.2. The van der Waals surface area contributed by atoms with E-state index in [2.05, 4.69) is 176 Å². The highest BCUT2D eigenvalue weighted by molar-refractivity contribution is 7.17. The van der Waals surface area contributed by atoms with Gasteiger partial charge in [-0.3, -0.25) is 0 Å². The van der Waals surface area contributed by atoms with E-state index in [1.807, 2.05) is 47.7 Å². The van der Waals surface area contributed by atoms with Gasteiger partial charge in [0.15, 0.2) is 17.5 Å². The molecular formula is C60H42N4S. The summed E-state index contributed by atoms with van der Waals surface area (Å²) in [5.74, 6) is 2.01. The summed E-state index contributed by atoms with van der Waals surface area (Å²) in [5, 5.41) is 5.09. The van der Waals surface area contributed by atoms with Crippen LogP contribution in [0.5, 0.6) is 0 Å². The summed E-state index contributed by atoms with van der Waals surface area (Å²) in [7, 11) is 0. The number of hydrogen-bond donors (Lipinski definition) is 0. The molecule has 2 aliphatic rings. The van der Waals surface area contributed by atoms with Gasteiger partial charge in [0.25, 0.3) is 0 Å². The molecule has 8 aromatic carbocycles. The molecule has 4 nitrogen and oxygen atoms in total. The molecule has 0 atom stereocenters. The van der Waals surface area contributed by atoms with Crippen molar-refractivity contribution in [1.82, 2.24) is 19.5 Å². The molecule has 13 rings (SSSR count). The second-order valence-electron chi connectivity index (χ2n) is 17.9. The molecular weight excluding hydrogens is 809 g/mol. The number of para-hydroxylation sites is 1. The van der Waals surface area contributed by atoms with E-state index < -0.39 is 0 Å². The molecule has 3 aromatic heterocycles. The van der Waals surface area contributed by atoms with E-state index in [9.17, 15) is 0 Å². The number of thiophene rings is 1. The largest absolute Gasteiger partial charge is 0.309 e. The Morgan fingerprint density at radius 2 is 1.02 bits per heavy atom. The quantitative estimate of drug-likeness (QED) is 0.167. The highest BCUT2D eigenvalue weighted by Crippen LogP contribution is 2.51. The van der Waals surface area contributed by atoms with Crippen LogP contribution in [0.1, 0.15) is 37.8 Å². The van der Waals surface area contributed by atoms with Crippen LogP contribution in [0.4, 0.5) is 0 Å². The van der Waals surface area contributed by atoms with Crippen LogP contribution in [0.3, 0.4) is 0 Å². The lowest BCUT2D eigenvalue weighted by Crippen LogP contribution is -2.20. The van der Waals surface area contributed by atoms with Crippen LogP contribution in [0.15, 0.2) is 182 Å². The third-order valence-electron chi connectivity index (χ3n) is 13.7. The molecule has 0 spiro atoms. The Kier molecular flexibility index (Phi) is 8.53. The first-order valence-corrected chi connectivity index (χ1v) is 23.3. The molecule has 0 saturated carbocycles. The molecule has 0 bridgehead atoms. The van der Waals surface area contributed by atoms with Gasteiger partial charge >= 0.3 is 0 Å². The van der Waals surface area contributed by atoms with Gasteiger partial charge < -0.3 is 4.57 Å². The van der Waals surface area contributed by atoms with E-state index in [1.165, 1.54) is 80.7 Å². The van der Waals surface area contributed by atoms with Crippen molar-refractivity contribution in [3.8, 4) is 73.2 Å². The minimum absolute atomic E-state index is 0.0860. The molecule has 2 aliphatic carbocycles. The molecule has 3 heterocycles. The highest BCUT2D eigenvalue weighted by Gasteiger charge is 2.36. The standard InChI is InChI=1S/C60H42N4S/c1-60(2)51-24-14-12-22-44(51)46-35-48-47-32-41(30-31-53(47)64(54(48)36-52(46)60)43-20-10-5-11-21-43)37-26-28-38(29-27-37)42-33-49-45-23-13-15-25-55(45)65-56(49)50(34-42)59-62-57(39-16-6-3-7-17-39)61-58(63-59)40-18-8-4-9-19-40/h3-12,14,16-36H,13,15H2,1-2H3. The molecule has 11 aromatic rings. The molecule has 65 heavy (non-hydrogen) atoms. The Bertz CT molecular complexity index is 3770. The van der Waals surface area contributed by atoms with Gasteiger partial charge in [0.05, 0.1) is 11.0 Å². The molecule has 0 saturated heterocycles. The summed E-state index contributed by atoms with van der Waals surface area (Å²) in [5.41, 5.74) is 16.6. The fraction of sp³-hybridized carbons (Fsp3) is 0.0833. The molecule has 0 N–H and O–H groups in total. The minimum atomic E-state index is -0.0860. The Balaban J connectivity index is 0.957. The minimum Gasteiger partial charge on any atom is -0.309 e. The van der Waals surface area contributed by atoms with Gasteiger partial charge in [-0.05, 0) is 111 Å². The number of aromatic nitrogens is 4. The van der Waals surface area contributed by atoms with Gasteiger partial charge in [-0.2, -0.15) is 0 Å². The summed E-state index contributed by atoms with van der Waals surface area (Å²) in [6, 6.07) is 65.9. The number of fused-ring (bicyclic) bond motifs is 9. The molecule has 0 fully saturated rings. The van der Waals surface area contributed by atoms with Crippen molar-refractivity contribution in [3.63, 3.8) is 0 Å². The summed E-state index contributed by atoms with van der Waals surface area (Å²) in [4.78, 5) is 15.4. The molecule has 0 aliphatic heterocycles. The van der Waals surface area contributed by atoms with Gasteiger partial charge in [0.1, 0.15) is 0 Å². The summed E-state index contributed by atoms with van der Waals surface area (Å²) < 4.78 is 4.97. The van der Waals surface area contributed by atoms with Crippen LogP contribution < -0.4 is 9.75 Å². The lowest BCUT2D eigenvalue weighted by atomic mass is 9.82. The number of nitrogens with zero attached hydrogens (tertiary/aromatic N) is 4. The predicted octanol–water partition coefficient (Wildman–Crippen LogP) is 14.2. The first-order chi connectivity index (χ1) is 32.0. The first kappa shape index (κ1) is 37.8. The Hall–Kier alpha value is -7.73. The van der Waals surface area contributed by atoms with E-state index >= 15 is 0 Å². The predicted molar refractivity (Wildman–Crippen MR) is 272 cm³/mol. The summed E-state index contributed by atoms with van der Waals surface area (Å²) >= 11 is 1.84. The number of hydrogen-bond acceptors (Lipinski definition) is 4. The van der Waals surface area contributed by atoms with Crippen molar-refractivity contribution in [2.75, 3.05) is 0 Å². The maximum Gasteiger partial charge on any atom is 0.165 e. The van der Waals surface area contributed by atoms with Crippen LogP contribution >= 0.6 is 11.3 Å². The van der Waals surface area contributed by atoms with Gasteiger partial charge in [-0.25, -0.2) is 15.0 Å². The van der Waals surface area contributed by atoms with Crippen molar-refractivity contribution in [2.24, 2.45) is 0 Å². The smallest absolute Gasteiger partial charge is 0.165 e. The third-order valence-corrected chi connectivity index (χ3v) is 14.9. The Morgan fingerprint density at radius 3 is 1.74 bits per heavy atom. The fourth-order valence-electron chi connectivity index (χ4n) is 10.4. The zero-order valence-electron chi connectivity index (χ0n) is 36.1. The van der Waals surface area contributed by atoms with Crippen LogP contribution in [0.2, 0.25) is 0 Å². The summed E-state index contributed by atoms with van der Waals surface area (Å²) in [6.07, 6.45) is 6.88. The second-order valence-corrected chi connectivity index (χ2v) is 18.9. The van der Waals surface area contributed by atoms with E-state index in [1.54, 1.807) is 0 Å². The maximum atomic E-state index is 5.21. The molecule has 0 unspecified atom stereocenters. The van der Waals surface area contributed by atoms with Crippen molar-refractivity contribution in [3.05, 3.63) is 203 Å². The summed E-state index contributed by atoms with van der Waals surface area (Å²) in [6.45, 7) is 4.72. The van der Waals surface area contributed by atoms with Crippen molar-refractivity contribution >= 4 is 55.4 Å². The first-order valence-electron chi connectivity index (χ1n) is 22.5. The Morgan fingerprint density at radius 1 is 0.431 bits per heavy atom. The van der Waals surface area contributed by atoms with Gasteiger partial charge in [-0.15, -0.1) is 11.3 Å². The average Bonchev–Trinajstić information content (AvgIpc) is 3.98. The maximum absolute atomic E-state index is 5.21. The lowest BCUT2D eigenvalue weighted by Gasteiger charge is -2.21. The number of rotatable bonds is 6. The van der Waals surface area contributed by atoms with Crippen LogP contribution in [0.25, 0.3) is 117 Å². The Labute approximate surface area is 381 Å². The van der Waals surface area contributed by atoms with E-state index in [0.29, 0.717) is 17.5 Å². The van der Waals surface area contributed by atoms with E-state index in [-0.39, 0.29) is 5.41 Å². The second kappa shape index (κ2) is 14.7. The highest BCUT2D eigenvalue weighted by atomic mass is 32.1. The molecule has 0 radical (unpaired) electrons. The van der Waals surface area contributed by atoms with Crippen molar-refractivity contribution in [1.29, 1.82) is 0 Å². The van der Waals surface area contributed by atoms with E-state index in [0.717, 1.165) is 40.7 Å². The topological polar surface area (TPSA) is 43.6 Å². The molecule has 5 heteroatoms. The van der Waals surface area contributed by atoms with Gasteiger partial charge in [0.2, 0.25) is 0 Å². The number of benzene rings is 8. The SMILES string of the molecule is CC1(C)c2ccccc2-c2cc3c4cc(-c5ccc(-c6cc(-c7nc(-c8ccccc8)nc(-c8ccccc8)n7)c7sc8c(c7c6)=CCCC=8)cc5)ccc4n(-c4ccccc4)c3cc21. The monoisotopic (exact) mass is 850 g/mol. The van der Waals surface area contributed by atoms with Crippen LogP contribution in [0, 0.1) is 0 Å². The van der Waals surface area contributed by atoms with Crippen LogP contribution in [-0.2, 0) is 5.41 Å². The van der Waals surface area contributed by atoms with Gasteiger partial charge in [0, 0.05) is 53.2 Å². The van der Waals surface area contributed by atoms with Gasteiger partial charge in [-0.1, -0.05) is 159 Å². The van der Waals surface area contributed by atoms with Crippen molar-refractivity contribution in [2.45, 2.75) is 32.1 Å². The third kappa shape index (κ3) is 6.07. The molecule has 308 valence electrons. The van der Waals surface area contributed by atoms with E-state index in [4.69, 9.17) is 15.0 Å².